The molecule has 0 aliphatic rings. The number of hydrogen-bond acceptors (Lipinski definition) is 7. The standard InChI is InChI=1S/C27H39N5O5/c1-9-36-14-19-29-21-22(32(19)15-27(7,8)35)17-12-10-11-13-18(17)28-23(21)31-24(33)20(16(2)3)30-25(34)37-26(4,5)6/h10-13,16,20,35H,9,14-15H2,1-8H3,(H,30,34)(H,28,31,33). The second kappa shape index (κ2) is 11.0. The lowest BCUT2D eigenvalue weighted by atomic mass is 10.0. The first-order valence-electron chi connectivity index (χ1n) is 12.6. The number of carbonyl (C=O) groups is 2. The topological polar surface area (TPSA) is 128 Å². The molecule has 2 heterocycles. The van der Waals surface area contributed by atoms with Crippen LogP contribution in [-0.2, 0) is 27.4 Å². The molecule has 202 valence electrons. The van der Waals surface area contributed by atoms with Gasteiger partial charge in [0, 0.05) is 12.0 Å². The fourth-order valence-electron chi connectivity index (χ4n) is 3.99. The highest BCUT2D eigenvalue weighted by Gasteiger charge is 2.29. The monoisotopic (exact) mass is 513 g/mol. The summed E-state index contributed by atoms with van der Waals surface area (Å²) in [6.07, 6.45) is -0.675. The first-order valence-corrected chi connectivity index (χ1v) is 12.6. The lowest BCUT2D eigenvalue weighted by Gasteiger charge is -2.25. The third-order valence-electron chi connectivity index (χ3n) is 5.51. The Kier molecular flexibility index (Phi) is 8.44. The molecule has 0 radical (unpaired) electrons. The summed E-state index contributed by atoms with van der Waals surface area (Å²) in [6.45, 7) is 15.3. The molecule has 0 aliphatic carbocycles. The molecule has 10 heteroatoms. The molecule has 1 unspecified atom stereocenters. The molecular weight excluding hydrogens is 474 g/mol. The number of rotatable bonds is 9. The number of para-hydroxylation sites is 1. The van der Waals surface area contributed by atoms with E-state index in [1.165, 1.54) is 0 Å². The van der Waals surface area contributed by atoms with E-state index < -0.39 is 29.2 Å². The first kappa shape index (κ1) is 28.3. The second-order valence-corrected chi connectivity index (χ2v) is 11.1. The van der Waals surface area contributed by atoms with Gasteiger partial charge in [-0.1, -0.05) is 32.0 Å². The molecule has 0 bridgehead atoms. The summed E-state index contributed by atoms with van der Waals surface area (Å²) in [5.74, 6) is 0.223. The number of hydrogen-bond donors (Lipinski definition) is 3. The molecule has 3 N–H and O–H groups in total. The average molecular weight is 514 g/mol. The fraction of sp³-hybridized carbons (Fsp3) is 0.556. The van der Waals surface area contributed by atoms with Gasteiger partial charge in [0.1, 0.15) is 29.6 Å². The van der Waals surface area contributed by atoms with E-state index in [4.69, 9.17) is 19.4 Å². The van der Waals surface area contributed by atoms with Gasteiger partial charge in [-0.05, 0) is 53.5 Å². The number of pyridine rings is 1. The number of aromatic nitrogens is 3. The number of anilines is 1. The molecule has 2 amide bonds. The van der Waals surface area contributed by atoms with Crippen LogP contribution in [0.2, 0.25) is 0 Å². The highest BCUT2D eigenvalue weighted by molar-refractivity contribution is 6.10. The van der Waals surface area contributed by atoms with Crippen LogP contribution in [0.3, 0.4) is 0 Å². The van der Waals surface area contributed by atoms with Crippen LogP contribution >= 0.6 is 0 Å². The Morgan fingerprint density at radius 1 is 1.11 bits per heavy atom. The van der Waals surface area contributed by atoms with Gasteiger partial charge in [-0.2, -0.15) is 0 Å². The molecule has 0 fully saturated rings. The van der Waals surface area contributed by atoms with Gasteiger partial charge in [-0.25, -0.2) is 14.8 Å². The Morgan fingerprint density at radius 3 is 2.38 bits per heavy atom. The number of benzene rings is 1. The number of ether oxygens (including phenoxy) is 2. The van der Waals surface area contributed by atoms with Crippen molar-refractivity contribution >= 4 is 39.8 Å². The molecule has 1 aromatic carbocycles. The summed E-state index contributed by atoms with van der Waals surface area (Å²) in [5, 5.41) is 17.1. The Hall–Kier alpha value is -3.24. The molecule has 0 spiro atoms. The van der Waals surface area contributed by atoms with E-state index in [9.17, 15) is 14.7 Å². The zero-order valence-corrected chi connectivity index (χ0v) is 23.0. The van der Waals surface area contributed by atoms with E-state index in [2.05, 4.69) is 10.6 Å². The number of fused-ring (bicyclic) bond motifs is 3. The van der Waals surface area contributed by atoms with Crippen molar-refractivity contribution in [3.63, 3.8) is 0 Å². The fourth-order valence-corrected chi connectivity index (χ4v) is 3.99. The summed E-state index contributed by atoms with van der Waals surface area (Å²) >= 11 is 0. The summed E-state index contributed by atoms with van der Waals surface area (Å²) in [5.41, 5.74) is 0.150. The van der Waals surface area contributed by atoms with Crippen molar-refractivity contribution in [1.82, 2.24) is 19.9 Å². The molecule has 0 saturated heterocycles. The van der Waals surface area contributed by atoms with Crippen LogP contribution in [0, 0.1) is 5.92 Å². The number of nitrogens with one attached hydrogen (secondary N) is 2. The lowest BCUT2D eigenvalue weighted by Crippen LogP contribution is -2.48. The van der Waals surface area contributed by atoms with Crippen molar-refractivity contribution in [2.75, 3.05) is 11.9 Å². The molecule has 3 rings (SSSR count). The third-order valence-corrected chi connectivity index (χ3v) is 5.51. The Balaban J connectivity index is 2.10. The predicted molar refractivity (Wildman–Crippen MR) is 143 cm³/mol. The van der Waals surface area contributed by atoms with Crippen LogP contribution in [0.15, 0.2) is 24.3 Å². The molecule has 1 atom stereocenters. The van der Waals surface area contributed by atoms with Crippen molar-refractivity contribution < 1.29 is 24.2 Å². The smallest absolute Gasteiger partial charge is 0.408 e. The van der Waals surface area contributed by atoms with Crippen LogP contribution in [0.4, 0.5) is 10.6 Å². The molecule has 3 aromatic rings. The Morgan fingerprint density at radius 2 is 1.78 bits per heavy atom. The van der Waals surface area contributed by atoms with Gasteiger partial charge in [-0.15, -0.1) is 0 Å². The summed E-state index contributed by atoms with van der Waals surface area (Å²) in [6, 6.07) is 6.70. The van der Waals surface area contributed by atoms with Gasteiger partial charge >= 0.3 is 6.09 Å². The molecular formula is C27H39N5O5. The number of nitrogens with zero attached hydrogens (tertiary/aromatic N) is 3. The number of amides is 2. The number of carbonyl (C=O) groups excluding carboxylic acids is 2. The SMILES string of the molecule is CCOCc1nc2c(NC(=O)C(NC(=O)OC(C)(C)C)C(C)C)nc3ccccc3c2n1CC(C)(C)O. The van der Waals surface area contributed by atoms with Gasteiger partial charge < -0.3 is 29.8 Å². The highest BCUT2D eigenvalue weighted by atomic mass is 16.6. The largest absolute Gasteiger partial charge is 0.444 e. The zero-order chi connectivity index (χ0) is 27.5. The maximum Gasteiger partial charge on any atom is 0.408 e. The molecule has 37 heavy (non-hydrogen) atoms. The van der Waals surface area contributed by atoms with Crippen molar-refractivity contribution in [3.8, 4) is 0 Å². The maximum atomic E-state index is 13.4. The van der Waals surface area contributed by atoms with Crippen molar-refractivity contribution in [1.29, 1.82) is 0 Å². The van der Waals surface area contributed by atoms with E-state index in [0.717, 1.165) is 10.9 Å². The van der Waals surface area contributed by atoms with E-state index in [0.29, 0.717) is 23.5 Å². The lowest BCUT2D eigenvalue weighted by molar-refractivity contribution is -0.119. The quantitative estimate of drug-likeness (QED) is 0.387. The minimum Gasteiger partial charge on any atom is -0.444 e. The normalized spacial score (nSPS) is 13.2. The van der Waals surface area contributed by atoms with Crippen LogP contribution in [0.25, 0.3) is 21.9 Å². The Labute approximate surface area is 217 Å². The number of aliphatic hydroxyl groups is 1. The maximum absolute atomic E-state index is 13.4. The summed E-state index contributed by atoms with van der Waals surface area (Å²) < 4.78 is 12.9. The Bertz CT molecular complexity index is 1270. The molecule has 0 aliphatic heterocycles. The van der Waals surface area contributed by atoms with E-state index in [1.54, 1.807) is 34.6 Å². The molecule has 0 saturated carbocycles. The van der Waals surface area contributed by atoms with Gasteiger partial charge in [-0.3, -0.25) is 4.79 Å². The minimum atomic E-state index is -1.03. The minimum absolute atomic E-state index is 0.218. The van der Waals surface area contributed by atoms with E-state index >= 15 is 0 Å². The van der Waals surface area contributed by atoms with Crippen molar-refractivity contribution in [3.05, 3.63) is 30.1 Å². The highest BCUT2D eigenvalue weighted by Crippen LogP contribution is 2.31. The molecule has 10 nitrogen and oxygen atoms in total. The number of imidazole rings is 1. The van der Waals surface area contributed by atoms with Gasteiger partial charge in [0.25, 0.3) is 0 Å². The van der Waals surface area contributed by atoms with Crippen LogP contribution < -0.4 is 10.6 Å². The summed E-state index contributed by atoms with van der Waals surface area (Å²) in [4.78, 5) is 35.3. The predicted octanol–water partition coefficient (Wildman–Crippen LogP) is 4.38. The van der Waals surface area contributed by atoms with Crippen LogP contribution in [0.5, 0.6) is 0 Å². The van der Waals surface area contributed by atoms with Crippen molar-refractivity contribution in [2.24, 2.45) is 5.92 Å². The van der Waals surface area contributed by atoms with Crippen LogP contribution in [-0.4, -0.2) is 55.5 Å². The zero-order valence-electron chi connectivity index (χ0n) is 23.0. The summed E-state index contributed by atoms with van der Waals surface area (Å²) in [7, 11) is 0. The first-order chi connectivity index (χ1) is 17.2. The van der Waals surface area contributed by atoms with Gasteiger partial charge in [0.2, 0.25) is 5.91 Å². The van der Waals surface area contributed by atoms with Gasteiger partial charge in [0.05, 0.1) is 23.2 Å². The second-order valence-electron chi connectivity index (χ2n) is 11.1. The van der Waals surface area contributed by atoms with E-state index in [1.807, 2.05) is 49.6 Å². The van der Waals surface area contributed by atoms with Crippen molar-refractivity contribution in [2.45, 2.75) is 85.8 Å². The van der Waals surface area contributed by atoms with Crippen LogP contribution in [0.1, 0.15) is 61.2 Å². The average Bonchev–Trinajstić information content (AvgIpc) is 3.11. The number of alkyl carbamates (subject to hydrolysis) is 1. The third kappa shape index (κ3) is 7.17. The van der Waals surface area contributed by atoms with E-state index in [-0.39, 0.29) is 24.9 Å². The van der Waals surface area contributed by atoms with Gasteiger partial charge in [0.15, 0.2) is 5.82 Å². The molecule has 2 aromatic heterocycles.